The first-order valence-corrected chi connectivity index (χ1v) is 4.77. The van der Waals surface area contributed by atoms with E-state index in [1.54, 1.807) is 0 Å². The molecule has 14 heavy (non-hydrogen) atoms. The highest BCUT2D eigenvalue weighted by Crippen LogP contribution is 2.16. The van der Waals surface area contributed by atoms with Crippen LogP contribution in [0.15, 0.2) is 21.5 Å². The van der Waals surface area contributed by atoms with E-state index in [1.165, 1.54) is 6.20 Å². The molecule has 0 radical (unpaired) electrons. The number of furan rings is 1. The quantitative estimate of drug-likeness (QED) is 0.807. The van der Waals surface area contributed by atoms with Gasteiger partial charge < -0.3 is 9.40 Å². The second-order valence-corrected chi connectivity index (χ2v) is 3.28. The Kier molecular flexibility index (Phi) is 2.35. The van der Waals surface area contributed by atoms with Gasteiger partial charge in [-0.1, -0.05) is 13.3 Å². The van der Waals surface area contributed by atoms with Gasteiger partial charge in [0.2, 0.25) is 0 Å². The summed E-state index contributed by atoms with van der Waals surface area (Å²) in [5.41, 5.74) is 1.05. The summed E-state index contributed by atoms with van der Waals surface area (Å²) in [5.74, 6) is 0.908. The van der Waals surface area contributed by atoms with Gasteiger partial charge in [0.15, 0.2) is 5.58 Å². The fourth-order valence-electron chi connectivity index (χ4n) is 1.39. The van der Waals surface area contributed by atoms with Crippen LogP contribution in [-0.4, -0.2) is 9.97 Å². The first-order chi connectivity index (χ1) is 6.79. The summed E-state index contributed by atoms with van der Waals surface area (Å²) >= 11 is 0. The number of aromatic nitrogens is 2. The number of nitrogens with zero attached hydrogens (tertiary/aromatic N) is 1. The highest BCUT2D eigenvalue weighted by atomic mass is 16.3. The molecule has 0 aromatic carbocycles. The topological polar surface area (TPSA) is 58.9 Å². The van der Waals surface area contributed by atoms with Gasteiger partial charge in [-0.2, -0.15) is 4.98 Å². The third-order valence-corrected chi connectivity index (χ3v) is 2.13. The Hall–Kier alpha value is -1.58. The molecule has 2 aromatic heterocycles. The van der Waals surface area contributed by atoms with Crippen LogP contribution in [0.4, 0.5) is 0 Å². The number of nitrogens with one attached hydrogen (secondary N) is 1. The molecule has 0 spiro atoms. The van der Waals surface area contributed by atoms with Crippen molar-refractivity contribution in [3.8, 4) is 0 Å². The fraction of sp³-hybridized carbons (Fsp3) is 0.400. The lowest BCUT2D eigenvalue weighted by Gasteiger charge is -1.90. The molecule has 0 saturated carbocycles. The molecule has 4 nitrogen and oxygen atoms in total. The summed E-state index contributed by atoms with van der Waals surface area (Å²) < 4.78 is 5.49. The molecule has 0 fully saturated rings. The van der Waals surface area contributed by atoms with Crippen molar-refractivity contribution in [3.05, 3.63) is 28.5 Å². The standard InChI is InChI=1S/C10H12N2O2/c1-2-3-4-7-5-8-9(14-7)6-11-10(13)12-8/h5-6H,2-4H2,1H3,(H,11,12,13). The molecule has 0 aliphatic carbocycles. The van der Waals surface area contributed by atoms with E-state index in [4.69, 9.17) is 4.42 Å². The molecular weight excluding hydrogens is 180 g/mol. The minimum Gasteiger partial charge on any atom is -0.458 e. The summed E-state index contributed by atoms with van der Waals surface area (Å²) in [6, 6.07) is 1.87. The van der Waals surface area contributed by atoms with E-state index < -0.39 is 0 Å². The molecule has 0 amide bonds. The molecule has 0 bridgehead atoms. The zero-order valence-electron chi connectivity index (χ0n) is 8.04. The van der Waals surface area contributed by atoms with Crippen molar-refractivity contribution in [3.63, 3.8) is 0 Å². The van der Waals surface area contributed by atoms with Gasteiger partial charge >= 0.3 is 5.69 Å². The van der Waals surface area contributed by atoms with E-state index in [9.17, 15) is 4.79 Å². The zero-order valence-corrected chi connectivity index (χ0v) is 8.04. The molecule has 0 saturated heterocycles. The van der Waals surface area contributed by atoms with Crippen LogP contribution >= 0.6 is 0 Å². The molecule has 2 aromatic rings. The largest absolute Gasteiger partial charge is 0.458 e. The van der Waals surface area contributed by atoms with Crippen molar-refractivity contribution in [1.82, 2.24) is 9.97 Å². The lowest BCUT2D eigenvalue weighted by molar-refractivity contribution is 0.535. The van der Waals surface area contributed by atoms with E-state index >= 15 is 0 Å². The smallest absolute Gasteiger partial charge is 0.345 e. The van der Waals surface area contributed by atoms with Crippen molar-refractivity contribution >= 4 is 11.1 Å². The van der Waals surface area contributed by atoms with Crippen LogP contribution in [0.5, 0.6) is 0 Å². The minimum absolute atomic E-state index is 0.333. The predicted molar refractivity (Wildman–Crippen MR) is 53.2 cm³/mol. The second-order valence-electron chi connectivity index (χ2n) is 3.28. The molecule has 4 heteroatoms. The van der Waals surface area contributed by atoms with Crippen molar-refractivity contribution < 1.29 is 4.42 Å². The van der Waals surface area contributed by atoms with Gasteiger partial charge in [0, 0.05) is 12.5 Å². The molecule has 1 N–H and O–H groups in total. The maximum Gasteiger partial charge on any atom is 0.345 e. The Morgan fingerprint density at radius 2 is 2.43 bits per heavy atom. The normalized spacial score (nSPS) is 10.9. The van der Waals surface area contributed by atoms with Gasteiger partial charge in [-0.25, -0.2) is 4.79 Å². The Balaban J connectivity index is 2.36. The van der Waals surface area contributed by atoms with Gasteiger partial charge in [-0.3, -0.25) is 0 Å². The molecule has 74 valence electrons. The zero-order chi connectivity index (χ0) is 9.97. The molecule has 0 aliphatic heterocycles. The summed E-state index contributed by atoms with van der Waals surface area (Å²) in [6.45, 7) is 2.13. The fourth-order valence-corrected chi connectivity index (χ4v) is 1.39. The Morgan fingerprint density at radius 1 is 1.57 bits per heavy atom. The summed E-state index contributed by atoms with van der Waals surface area (Å²) in [4.78, 5) is 17.1. The highest BCUT2D eigenvalue weighted by Gasteiger charge is 2.03. The lowest BCUT2D eigenvalue weighted by atomic mass is 10.2. The van der Waals surface area contributed by atoms with Crippen LogP contribution in [-0.2, 0) is 6.42 Å². The Bertz CT molecular complexity index is 484. The van der Waals surface area contributed by atoms with Crippen LogP contribution in [0, 0.1) is 0 Å². The Morgan fingerprint density at radius 3 is 3.21 bits per heavy atom. The first kappa shape index (κ1) is 8.99. The van der Waals surface area contributed by atoms with Gasteiger partial charge in [-0.05, 0) is 6.42 Å². The van der Waals surface area contributed by atoms with Crippen molar-refractivity contribution in [1.29, 1.82) is 0 Å². The SMILES string of the molecule is CCCCc1cc2[nH]c(=O)ncc2o1. The summed E-state index contributed by atoms with van der Waals surface area (Å²) in [7, 11) is 0. The number of aromatic amines is 1. The van der Waals surface area contributed by atoms with Crippen molar-refractivity contribution in [2.24, 2.45) is 0 Å². The third-order valence-electron chi connectivity index (χ3n) is 2.13. The van der Waals surface area contributed by atoms with Gasteiger partial charge in [0.1, 0.15) is 5.76 Å². The second kappa shape index (κ2) is 3.65. The number of hydrogen-bond acceptors (Lipinski definition) is 3. The van der Waals surface area contributed by atoms with Crippen LogP contribution < -0.4 is 5.69 Å². The van der Waals surface area contributed by atoms with Crippen LogP contribution in [0.1, 0.15) is 25.5 Å². The van der Waals surface area contributed by atoms with E-state index in [2.05, 4.69) is 16.9 Å². The Labute approximate surface area is 81.0 Å². The average molecular weight is 192 g/mol. The van der Waals surface area contributed by atoms with Gasteiger partial charge in [0.05, 0.1) is 11.7 Å². The van der Waals surface area contributed by atoms with Crippen molar-refractivity contribution in [2.75, 3.05) is 0 Å². The maximum absolute atomic E-state index is 10.9. The number of rotatable bonds is 3. The van der Waals surface area contributed by atoms with E-state index in [0.717, 1.165) is 30.5 Å². The maximum atomic E-state index is 10.9. The van der Waals surface area contributed by atoms with Crippen molar-refractivity contribution in [2.45, 2.75) is 26.2 Å². The number of aryl methyl sites for hydroxylation is 1. The number of fused-ring (bicyclic) bond motifs is 1. The predicted octanol–water partition coefficient (Wildman–Crippen LogP) is 1.86. The molecular formula is C10H12N2O2. The van der Waals surface area contributed by atoms with Crippen LogP contribution in [0.3, 0.4) is 0 Å². The van der Waals surface area contributed by atoms with Gasteiger partial charge in [0.25, 0.3) is 0 Å². The summed E-state index contributed by atoms with van der Waals surface area (Å²) in [5, 5.41) is 0. The molecule has 2 rings (SSSR count). The van der Waals surface area contributed by atoms with Crippen LogP contribution in [0.2, 0.25) is 0 Å². The van der Waals surface area contributed by atoms with E-state index in [1.807, 2.05) is 6.07 Å². The minimum atomic E-state index is -0.333. The van der Waals surface area contributed by atoms with E-state index in [-0.39, 0.29) is 5.69 Å². The molecule has 0 unspecified atom stereocenters. The number of H-pyrrole nitrogens is 1. The summed E-state index contributed by atoms with van der Waals surface area (Å²) in [6.07, 6.45) is 4.60. The third kappa shape index (κ3) is 1.69. The molecule has 2 heterocycles. The van der Waals surface area contributed by atoms with E-state index in [0.29, 0.717) is 5.58 Å². The molecule has 0 aliphatic rings. The number of unbranched alkanes of at least 4 members (excludes halogenated alkanes) is 1. The highest BCUT2D eigenvalue weighted by molar-refractivity contribution is 5.71. The number of hydrogen-bond donors (Lipinski definition) is 1. The average Bonchev–Trinajstić information content (AvgIpc) is 2.56. The lowest BCUT2D eigenvalue weighted by Crippen LogP contribution is -2.07. The monoisotopic (exact) mass is 192 g/mol. The van der Waals surface area contributed by atoms with Crippen LogP contribution in [0.25, 0.3) is 11.1 Å². The molecule has 0 atom stereocenters. The first-order valence-electron chi connectivity index (χ1n) is 4.77. The van der Waals surface area contributed by atoms with Gasteiger partial charge in [-0.15, -0.1) is 0 Å².